The van der Waals surface area contributed by atoms with Crippen molar-refractivity contribution < 1.29 is 19.4 Å². The number of carboxylic acid groups (broad SMARTS) is 1. The van der Waals surface area contributed by atoms with Crippen molar-refractivity contribution in [3.63, 3.8) is 0 Å². The Balaban J connectivity index is 2.54. The summed E-state index contributed by atoms with van der Waals surface area (Å²) in [5, 5.41) is 11.7. The smallest absolute Gasteiger partial charge is 0.326 e. The molecular formula is C12H22N2O4. The topological polar surface area (TPSA) is 78.9 Å². The van der Waals surface area contributed by atoms with Gasteiger partial charge in [-0.1, -0.05) is 20.8 Å². The molecule has 6 nitrogen and oxygen atoms in total. The van der Waals surface area contributed by atoms with Crippen LogP contribution in [-0.2, 0) is 9.53 Å². The first-order valence-corrected chi connectivity index (χ1v) is 6.15. The molecule has 0 bridgehead atoms. The Bertz CT molecular complexity index is 306. The van der Waals surface area contributed by atoms with Crippen molar-refractivity contribution in [3.05, 3.63) is 0 Å². The lowest BCUT2D eigenvalue weighted by Crippen LogP contribution is -2.52. The number of carboxylic acids is 1. The van der Waals surface area contributed by atoms with Gasteiger partial charge in [-0.3, -0.25) is 0 Å². The van der Waals surface area contributed by atoms with E-state index in [0.29, 0.717) is 32.7 Å². The summed E-state index contributed by atoms with van der Waals surface area (Å²) in [4.78, 5) is 24.6. The SMILES string of the molecule is CC(C)(C)C[C@H](NC(=O)N1CCOCC1)C(=O)O. The maximum atomic E-state index is 11.9. The molecule has 1 aliphatic rings. The summed E-state index contributed by atoms with van der Waals surface area (Å²) >= 11 is 0. The summed E-state index contributed by atoms with van der Waals surface area (Å²) in [7, 11) is 0. The molecule has 0 aromatic heterocycles. The summed E-state index contributed by atoms with van der Waals surface area (Å²) in [6.45, 7) is 7.87. The van der Waals surface area contributed by atoms with Crippen molar-refractivity contribution >= 4 is 12.0 Å². The van der Waals surface area contributed by atoms with E-state index in [1.807, 2.05) is 20.8 Å². The molecule has 1 atom stereocenters. The van der Waals surface area contributed by atoms with E-state index in [9.17, 15) is 9.59 Å². The first kappa shape index (κ1) is 14.8. The average molecular weight is 258 g/mol. The van der Waals surface area contributed by atoms with E-state index >= 15 is 0 Å². The zero-order chi connectivity index (χ0) is 13.8. The molecule has 0 unspecified atom stereocenters. The van der Waals surface area contributed by atoms with Crippen molar-refractivity contribution in [2.45, 2.75) is 33.2 Å². The third-order valence-corrected chi connectivity index (χ3v) is 2.71. The first-order valence-electron chi connectivity index (χ1n) is 6.15. The number of carbonyl (C=O) groups is 2. The lowest BCUT2D eigenvalue weighted by molar-refractivity contribution is -0.140. The first-order chi connectivity index (χ1) is 8.29. The Morgan fingerprint density at radius 1 is 1.33 bits per heavy atom. The standard InChI is InChI=1S/C12H22N2O4/c1-12(2,3)8-9(10(15)16)13-11(17)14-4-6-18-7-5-14/h9H,4-8H2,1-3H3,(H,13,17)(H,15,16)/t9-/m0/s1. The van der Waals surface area contributed by atoms with Gasteiger partial charge in [-0.2, -0.15) is 0 Å². The molecular weight excluding hydrogens is 236 g/mol. The van der Waals surface area contributed by atoms with Crippen molar-refractivity contribution in [1.29, 1.82) is 0 Å². The van der Waals surface area contributed by atoms with Crippen LogP contribution in [0.5, 0.6) is 0 Å². The fourth-order valence-corrected chi connectivity index (χ4v) is 1.82. The zero-order valence-electron chi connectivity index (χ0n) is 11.2. The molecule has 0 radical (unpaired) electrons. The zero-order valence-corrected chi connectivity index (χ0v) is 11.2. The van der Waals surface area contributed by atoms with Gasteiger partial charge in [0.15, 0.2) is 0 Å². The van der Waals surface area contributed by atoms with E-state index in [1.165, 1.54) is 0 Å². The quantitative estimate of drug-likeness (QED) is 0.789. The number of carbonyl (C=O) groups excluding carboxylic acids is 1. The minimum absolute atomic E-state index is 0.151. The van der Waals surface area contributed by atoms with Crippen molar-refractivity contribution in [2.24, 2.45) is 5.41 Å². The van der Waals surface area contributed by atoms with Crippen LogP contribution in [0, 0.1) is 5.41 Å². The molecule has 104 valence electrons. The van der Waals surface area contributed by atoms with Crippen LogP contribution in [0.1, 0.15) is 27.2 Å². The number of ether oxygens (including phenoxy) is 1. The fourth-order valence-electron chi connectivity index (χ4n) is 1.82. The number of urea groups is 1. The van der Waals surface area contributed by atoms with Crippen LogP contribution < -0.4 is 5.32 Å². The molecule has 1 fully saturated rings. The number of nitrogens with zero attached hydrogens (tertiary/aromatic N) is 1. The number of nitrogens with one attached hydrogen (secondary N) is 1. The third-order valence-electron chi connectivity index (χ3n) is 2.71. The second-order valence-electron chi connectivity index (χ2n) is 5.70. The summed E-state index contributed by atoms with van der Waals surface area (Å²) in [5.41, 5.74) is -0.151. The van der Waals surface area contributed by atoms with Gasteiger partial charge in [0.2, 0.25) is 0 Å². The highest BCUT2D eigenvalue weighted by Crippen LogP contribution is 2.21. The van der Waals surface area contributed by atoms with Crippen molar-refractivity contribution in [3.8, 4) is 0 Å². The minimum atomic E-state index is -0.994. The molecule has 0 aromatic rings. The highest BCUT2D eigenvalue weighted by molar-refractivity contribution is 5.82. The highest BCUT2D eigenvalue weighted by Gasteiger charge is 2.28. The Kier molecular flexibility index (Phi) is 4.95. The highest BCUT2D eigenvalue weighted by atomic mass is 16.5. The molecule has 1 saturated heterocycles. The Hall–Kier alpha value is -1.30. The number of rotatable bonds is 3. The van der Waals surface area contributed by atoms with Gasteiger partial charge >= 0.3 is 12.0 Å². The molecule has 0 spiro atoms. The third kappa shape index (κ3) is 4.91. The van der Waals surface area contributed by atoms with Gasteiger partial charge in [0.1, 0.15) is 6.04 Å². The van der Waals surface area contributed by atoms with Gasteiger partial charge in [-0.25, -0.2) is 9.59 Å². The van der Waals surface area contributed by atoms with Gasteiger partial charge in [-0.05, 0) is 11.8 Å². The average Bonchev–Trinajstić information content (AvgIpc) is 2.27. The van der Waals surface area contributed by atoms with Gasteiger partial charge in [0.25, 0.3) is 0 Å². The predicted octanol–water partition coefficient (Wildman–Crippen LogP) is 0.918. The molecule has 18 heavy (non-hydrogen) atoms. The van der Waals surface area contributed by atoms with Crippen LogP contribution in [-0.4, -0.2) is 54.4 Å². The molecule has 1 rings (SSSR count). The Labute approximate surface area is 107 Å². The molecule has 0 aromatic carbocycles. The molecule has 1 aliphatic heterocycles. The summed E-state index contributed by atoms with van der Waals surface area (Å²) in [6.07, 6.45) is 0.401. The van der Waals surface area contributed by atoms with E-state index in [4.69, 9.17) is 9.84 Å². The summed E-state index contributed by atoms with van der Waals surface area (Å²) in [6, 6.07) is -1.17. The van der Waals surface area contributed by atoms with Crippen LogP contribution in [0.4, 0.5) is 4.79 Å². The molecule has 0 aliphatic carbocycles. The van der Waals surface area contributed by atoms with E-state index in [-0.39, 0.29) is 11.4 Å². The second-order valence-corrected chi connectivity index (χ2v) is 5.70. The maximum absolute atomic E-state index is 11.9. The number of amides is 2. The van der Waals surface area contributed by atoms with E-state index in [2.05, 4.69) is 5.32 Å². The van der Waals surface area contributed by atoms with Gasteiger partial charge in [0, 0.05) is 13.1 Å². The summed E-state index contributed by atoms with van der Waals surface area (Å²) < 4.78 is 5.14. The fraction of sp³-hybridized carbons (Fsp3) is 0.833. The van der Waals surface area contributed by atoms with Gasteiger partial charge in [0.05, 0.1) is 13.2 Å². The van der Waals surface area contributed by atoms with E-state index in [1.54, 1.807) is 4.90 Å². The monoisotopic (exact) mass is 258 g/mol. The number of hydrogen-bond donors (Lipinski definition) is 2. The molecule has 2 amide bonds. The largest absolute Gasteiger partial charge is 0.480 e. The number of aliphatic carboxylic acids is 1. The van der Waals surface area contributed by atoms with Gasteiger partial charge < -0.3 is 20.1 Å². The second kappa shape index (κ2) is 6.04. The van der Waals surface area contributed by atoms with Crippen LogP contribution in [0.25, 0.3) is 0 Å². The van der Waals surface area contributed by atoms with Crippen LogP contribution >= 0.6 is 0 Å². The molecule has 6 heteroatoms. The van der Waals surface area contributed by atoms with Crippen LogP contribution in [0.2, 0.25) is 0 Å². The minimum Gasteiger partial charge on any atom is -0.480 e. The normalized spacial score (nSPS) is 18.3. The van der Waals surface area contributed by atoms with E-state index < -0.39 is 12.0 Å². The van der Waals surface area contributed by atoms with Gasteiger partial charge in [-0.15, -0.1) is 0 Å². The van der Waals surface area contributed by atoms with E-state index in [0.717, 1.165) is 0 Å². The summed E-state index contributed by atoms with van der Waals surface area (Å²) in [5.74, 6) is -0.994. The molecule has 0 saturated carbocycles. The van der Waals surface area contributed by atoms with Crippen molar-refractivity contribution in [2.75, 3.05) is 26.3 Å². The molecule has 2 N–H and O–H groups in total. The maximum Gasteiger partial charge on any atom is 0.326 e. The number of hydrogen-bond acceptors (Lipinski definition) is 3. The van der Waals surface area contributed by atoms with Crippen LogP contribution in [0.15, 0.2) is 0 Å². The number of morpholine rings is 1. The lowest BCUT2D eigenvalue weighted by atomic mass is 9.88. The predicted molar refractivity (Wildman–Crippen MR) is 66.4 cm³/mol. The lowest BCUT2D eigenvalue weighted by Gasteiger charge is -2.30. The Morgan fingerprint density at radius 3 is 2.33 bits per heavy atom. The molecule has 1 heterocycles. The van der Waals surface area contributed by atoms with Crippen molar-refractivity contribution in [1.82, 2.24) is 10.2 Å². The Morgan fingerprint density at radius 2 is 1.89 bits per heavy atom. The van der Waals surface area contributed by atoms with Crippen LogP contribution in [0.3, 0.4) is 0 Å².